The summed E-state index contributed by atoms with van der Waals surface area (Å²) >= 11 is 0. The van der Waals surface area contributed by atoms with E-state index in [4.69, 9.17) is 0 Å². The van der Waals surface area contributed by atoms with E-state index in [2.05, 4.69) is 62.5 Å². The average Bonchev–Trinajstić information content (AvgIpc) is 3.20. The number of hydrogen-bond donors (Lipinski definition) is 0. The quantitative estimate of drug-likeness (QED) is 0.0557. The first-order chi connectivity index (χ1) is 27.3. The van der Waals surface area contributed by atoms with E-state index < -0.39 is 0 Å². The third kappa shape index (κ3) is 49.1. The topological polar surface area (TPSA) is 3.24 Å². The summed E-state index contributed by atoms with van der Waals surface area (Å²) in [5.41, 5.74) is 0. The number of rotatable bonds is 48. The van der Waals surface area contributed by atoms with E-state index in [1.165, 1.54) is 289 Å². The summed E-state index contributed by atoms with van der Waals surface area (Å²) in [4.78, 5) is 2.34. The molecule has 0 spiro atoms. The zero-order valence-electron chi connectivity index (χ0n) is 38.7. The molecule has 0 heterocycles. The van der Waals surface area contributed by atoms with Gasteiger partial charge in [-0.15, -0.1) is 0 Å². The van der Waals surface area contributed by atoms with Crippen LogP contribution in [0.25, 0.3) is 0 Å². The molecule has 0 radical (unpaired) electrons. The van der Waals surface area contributed by atoms with E-state index in [9.17, 15) is 0 Å². The van der Waals surface area contributed by atoms with Crippen LogP contribution in [0.15, 0.2) is 36.8 Å². The second-order valence-electron chi connectivity index (χ2n) is 17.8. The number of nitrogens with zero attached hydrogens (tertiary/aromatic N) is 1. The van der Waals surface area contributed by atoms with Gasteiger partial charge in [0.05, 0.1) is 0 Å². The molecule has 0 saturated carbocycles. The Labute approximate surface area is 350 Å². The average molecular weight is 768 g/mol. The van der Waals surface area contributed by atoms with Gasteiger partial charge < -0.3 is 4.90 Å². The van der Waals surface area contributed by atoms with Crippen molar-refractivity contribution >= 4 is 0 Å². The number of hydrogen-bond acceptors (Lipinski definition) is 1. The van der Waals surface area contributed by atoms with E-state index >= 15 is 0 Å². The first kappa shape index (κ1) is 54.0. The summed E-state index contributed by atoms with van der Waals surface area (Å²) in [5.74, 6) is 0. The molecule has 1 nitrogen and oxygen atoms in total. The third-order valence-corrected chi connectivity index (χ3v) is 12.0. The van der Waals surface area contributed by atoms with E-state index in [1.54, 1.807) is 0 Å². The minimum absolute atomic E-state index is 1.22. The molecule has 0 aliphatic heterocycles. The lowest BCUT2D eigenvalue weighted by atomic mass is 10.0. The van der Waals surface area contributed by atoms with Crippen LogP contribution in [0.4, 0.5) is 0 Å². The molecule has 0 amide bonds. The molecular weight excluding hydrogens is 663 g/mol. The van der Waals surface area contributed by atoms with Gasteiger partial charge in [0.25, 0.3) is 0 Å². The highest BCUT2D eigenvalue weighted by atomic mass is 15.1. The van der Waals surface area contributed by atoms with Gasteiger partial charge in [0.15, 0.2) is 0 Å². The molecule has 0 rings (SSSR count). The van der Waals surface area contributed by atoms with Gasteiger partial charge >= 0.3 is 0 Å². The van der Waals surface area contributed by atoms with Gasteiger partial charge in [-0.25, -0.2) is 0 Å². The van der Waals surface area contributed by atoms with Crippen molar-refractivity contribution in [1.29, 1.82) is 0 Å². The van der Waals surface area contributed by atoms with Crippen LogP contribution in [0.3, 0.4) is 0 Å². The molecule has 0 aromatic heterocycles. The Morgan fingerprint density at radius 1 is 0.200 bits per heavy atom. The molecule has 0 saturated heterocycles. The number of allylic oxidation sites excluding steroid dienone is 3. The third-order valence-electron chi connectivity index (χ3n) is 12.0. The molecule has 0 atom stereocenters. The highest BCUT2D eigenvalue weighted by molar-refractivity contribution is 4.99. The molecule has 0 fully saturated rings. The SMILES string of the molecule is CCCCCCCCCCCCCCCCC=CN(C=CCCCCCCCCCCCCCCCC)C=CCCCCCCCCCCCCCCCC. The van der Waals surface area contributed by atoms with Crippen molar-refractivity contribution in [2.24, 2.45) is 0 Å². The maximum absolute atomic E-state index is 2.42. The molecule has 0 aliphatic rings. The first-order valence-electron chi connectivity index (χ1n) is 26.1. The van der Waals surface area contributed by atoms with Gasteiger partial charge in [0.2, 0.25) is 0 Å². The second kappa shape index (κ2) is 51.0. The molecule has 0 aromatic rings. The van der Waals surface area contributed by atoms with E-state index in [1.807, 2.05) is 0 Å². The van der Waals surface area contributed by atoms with Crippen molar-refractivity contribution < 1.29 is 0 Å². The van der Waals surface area contributed by atoms with Gasteiger partial charge in [-0.2, -0.15) is 0 Å². The molecule has 0 aromatic carbocycles. The van der Waals surface area contributed by atoms with Crippen LogP contribution >= 0.6 is 0 Å². The largest absolute Gasteiger partial charge is 0.332 e. The molecule has 0 N–H and O–H groups in total. The Bertz CT molecular complexity index is 648. The fourth-order valence-electron chi connectivity index (χ4n) is 8.11. The summed E-state index contributed by atoms with van der Waals surface area (Å²) in [6, 6.07) is 0. The van der Waals surface area contributed by atoms with Crippen LogP contribution in [0.1, 0.15) is 310 Å². The van der Waals surface area contributed by atoms with Crippen molar-refractivity contribution in [3.05, 3.63) is 36.8 Å². The Kier molecular flexibility index (Phi) is 50.1. The van der Waals surface area contributed by atoms with Crippen LogP contribution in [-0.4, -0.2) is 4.90 Å². The van der Waals surface area contributed by atoms with Gasteiger partial charge in [-0.3, -0.25) is 0 Å². The van der Waals surface area contributed by atoms with Crippen molar-refractivity contribution in [1.82, 2.24) is 4.90 Å². The van der Waals surface area contributed by atoms with Crippen molar-refractivity contribution in [3.8, 4) is 0 Å². The highest BCUT2D eigenvalue weighted by Gasteiger charge is 1.98. The molecule has 0 bridgehead atoms. The van der Waals surface area contributed by atoms with Gasteiger partial charge in [0, 0.05) is 18.6 Å². The fraction of sp³-hybridized carbons (Fsp3) is 0.889. The van der Waals surface area contributed by atoms with Crippen LogP contribution in [0, 0.1) is 0 Å². The Morgan fingerprint density at radius 2 is 0.345 bits per heavy atom. The summed E-state index contributed by atoms with van der Waals surface area (Å²) in [5, 5.41) is 0. The van der Waals surface area contributed by atoms with Crippen LogP contribution < -0.4 is 0 Å². The fourth-order valence-corrected chi connectivity index (χ4v) is 8.11. The Balaban J connectivity index is 4.15. The van der Waals surface area contributed by atoms with Crippen LogP contribution in [0.2, 0.25) is 0 Å². The number of unbranched alkanes of at least 4 members (excludes halogenated alkanes) is 42. The molecule has 1 heteroatoms. The summed E-state index contributed by atoms with van der Waals surface area (Å²) in [7, 11) is 0. The standard InChI is InChI=1S/C54H105N/c1-4-7-10-13-16-19-22-25-28-31-34-37-40-43-46-49-52-55(53-50-47-44-41-38-35-32-29-26-23-20-17-14-11-8-5-2)54-51-48-45-42-39-36-33-30-27-24-21-18-15-12-9-6-3/h49-54H,4-48H2,1-3H3. The normalized spacial score (nSPS) is 12.1. The van der Waals surface area contributed by atoms with E-state index in [0.29, 0.717) is 0 Å². The molecule has 0 unspecified atom stereocenters. The van der Waals surface area contributed by atoms with Crippen molar-refractivity contribution in [3.63, 3.8) is 0 Å². The Morgan fingerprint density at radius 3 is 0.509 bits per heavy atom. The highest BCUT2D eigenvalue weighted by Crippen LogP contribution is 2.17. The van der Waals surface area contributed by atoms with Gasteiger partial charge in [0.1, 0.15) is 0 Å². The van der Waals surface area contributed by atoms with Gasteiger partial charge in [-0.1, -0.05) is 289 Å². The predicted octanol–water partition coefficient (Wildman–Crippen LogP) is 20.4. The van der Waals surface area contributed by atoms with Crippen LogP contribution in [0.5, 0.6) is 0 Å². The minimum Gasteiger partial charge on any atom is -0.332 e. The zero-order chi connectivity index (χ0) is 39.6. The summed E-state index contributed by atoms with van der Waals surface area (Å²) < 4.78 is 0. The smallest absolute Gasteiger partial charge is 0.00417 e. The first-order valence-corrected chi connectivity index (χ1v) is 26.1. The molecule has 0 aliphatic carbocycles. The lowest BCUT2D eigenvalue weighted by molar-refractivity contribution is 0.535. The molecule has 326 valence electrons. The lowest BCUT2D eigenvalue weighted by Gasteiger charge is -2.10. The van der Waals surface area contributed by atoms with Crippen molar-refractivity contribution in [2.75, 3.05) is 0 Å². The maximum atomic E-state index is 2.42. The zero-order valence-corrected chi connectivity index (χ0v) is 38.7. The van der Waals surface area contributed by atoms with Crippen molar-refractivity contribution in [2.45, 2.75) is 310 Å². The van der Waals surface area contributed by atoms with Gasteiger partial charge in [-0.05, 0) is 38.5 Å². The van der Waals surface area contributed by atoms with Crippen LogP contribution in [-0.2, 0) is 0 Å². The lowest BCUT2D eigenvalue weighted by Crippen LogP contribution is -1.99. The summed E-state index contributed by atoms with van der Waals surface area (Å²) in [6.07, 6.45) is 78.2. The molecular formula is C54H105N. The molecule has 55 heavy (non-hydrogen) atoms. The Hall–Kier alpha value is -0.980. The van der Waals surface area contributed by atoms with E-state index in [-0.39, 0.29) is 0 Å². The minimum atomic E-state index is 1.22. The second-order valence-corrected chi connectivity index (χ2v) is 17.8. The summed E-state index contributed by atoms with van der Waals surface area (Å²) in [6.45, 7) is 6.93. The monoisotopic (exact) mass is 768 g/mol. The van der Waals surface area contributed by atoms with E-state index in [0.717, 1.165) is 0 Å². The maximum Gasteiger partial charge on any atom is 0.00417 e. The predicted molar refractivity (Wildman–Crippen MR) is 254 cm³/mol.